The van der Waals surface area contributed by atoms with Crippen molar-refractivity contribution in [1.82, 2.24) is 4.90 Å². The summed E-state index contributed by atoms with van der Waals surface area (Å²) < 4.78 is 0. The van der Waals surface area contributed by atoms with Crippen LogP contribution >= 0.6 is 0 Å². The van der Waals surface area contributed by atoms with Crippen molar-refractivity contribution in [2.24, 2.45) is 0 Å². The smallest absolute Gasteiger partial charge is 0.254 e. The Morgan fingerprint density at radius 2 is 2.25 bits per heavy atom. The van der Waals surface area contributed by atoms with Crippen LogP contribution in [0.2, 0.25) is 0 Å². The first-order chi connectivity index (χ1) is 9.69. The Hall–Kier alpha value is -1.84. The van der Waals surface area contributed by atoms with E-state index in [2.05, 4.69) is 12.2 Å². The predicted molar refractivity (Wildman–Crippen MR) is 77.7 cm³/mol. The topological polar surface area (TPSA) is 49.4 Å². The normalized spacial score (nSPS) is 21.6. The van der Waals surface area contributed by atoms with Gasteiger partial charge in [0.05, 0.1) is 6.42 Å². The molecule has 2 amide bonds. The van der Waals surface area contributed by atoms with Gasteiger partial charge in [0.15, 0.2) is 0 Å². The molecule has 1 aromatic rings. The van der Waals surface area contributed by atoms with Crippen molar-refractivity contribution in [3.05, 3.63) is 29.3 Å². The van der Waals surface area contributed by atoms with Crippen LogP contribution in [0.15, 0.2) is 18.2 Å². The van der Waals surface area contributed by atoms with Crippen molar-refractivity contribution < 1.29 is 9.59 Å². The summed E-state index contributed by atoms with van der Waals surface area (Å²) >= 11 is 0. The molecule has 2 aliphatic rings. The zero-order chi connectivity index (χ0) is 14.1. The molecule has 0 spiro atoms. The second kappa shape index (κ2) is 5.27. The van der Waals surface area contributed by atoms with Gasteiger partial charge in [-0.2, -0.15) is 0 Å². The summed E-state index contributed by atoms with van der Waals surface area (Å²) in [6, 6.07) is 5.91. The quantitative estimate of drug-likeness (QED) is 0.899. The molecule has 0 radical (unpaired) electrons. The summed E-state index contributed by atoms with van der Waals surface area (Å²) in [6.07, 6.45) is 4.80. The molecular formula is C16H20N2O2. The largest absolute Gasteiger partial charge is 0.336 e. The maximum Gasteiger partial charge on any atom is 0.254 e. The van der Waals surface area contributed by atoms with E-state index in [-0.39, 0.29) is 11.8 Å². The SMILES string of the molecule is CCC1CCCCN1C(=O)c1ccc2c(c1)CC(=O)N2. The van der Waals surface area contributed by atoms with Gasteiger partial charge in [0, 0.05) is 23.8 Å². The lowest BCUT2D eigenvalue weighted by atomic mass is 9.98. The number of anilines is 1. The first-order valence-corrected chi connectivity index (χ1v) is 7.43. The van der Waals surface area contributed by atoms with E-state index in [0.29, 0.717) is 18.0 Å². The molecule has 4 heteroatoms. The van der Waals surface area contributed by atoms with Gasteiger partial charge in [0.1, 0.15) is 0 Å². The maximum atomic E-state index is 12.7. The van der Waals surface area contributed by atoms with E-state index < -0.39 is 0 Å². The number of rotatable bonds is 2. The standard InChI is InChI=1S/C16H20N2O2/c1-2-13-5-3-4-8-18(13)16(20)11-6-7-14-12(9-11)10-15(19)17-14/h6-7,9,13H,2-5,8,10H2,1H3,(H,17,19). The molecule has 20 heavy (non-hydrogen) atoms. The molecule has 3 rings (SSSR count). The molecule has 1 saturated heterocycles. The Bertz CT molecular complexity index is 553. The van der Waals surface area contributed by atoms with Gasteiger partial charge in [-0.1, -0.05) is 6.92 Å². The van der Waals surface area contributed by atoms with Crippen LogP contribution in [-0.2, 0) is 11.2 Å². The fraction of sp³-hybridized carbons (Fsp3) is 0.500. The van der Waals surface area contributed by atoms with E-state index in [4.69, 9.17) is 0 Å². The fourth-order valence-electron chi connectivity index (χ4n) is 3.22. The van der Waals surface area contributed by atoms with Gasteiger partial charge in [0.25, 0.3) is 5.91 Å². The first-order valence-electron chi connectivity index (χ1n) is 7.43. The molecule has 0 aromatic heterocycles. The van der Waals surface area contributed by atoms with Crippen molar-refractivity contribution in [1.29, 1.82) is 0 Å². The number of benzene rings is 1. The third-order valence-electron chi connectivity index (χ3n) is 4.34. The molecule has 106 valence electrons. The van der Waals surface area contributed by atoms with Gasteiger partial charge in [-0.05, 0) is 49.4 Å². The van der Waals surface area contributed by atoms with Crippen molar-refractivity contribution in [2.45, 2.75) is 45.1 Å². The maximum absolute atomic E-state index is 12.7. The molecule has 1 aromatic carbocycles. The summed E-state index contributed by atoms with van der Waals surface area (Å²) in [6.45, 7) is 2.99. The van der Waals surface area contributed by atoms with Gasteiger partial charge in [-0.3, -0.25) is 9.59 Å². The predicted octanol–water partition coefficient (Wildman–Crippen LogP) is 2.59. The van der Waals surface area contributed by atoms with E-state index in [0.717, 1.165) is 37.1 Å². The Labute approximate surface area is 119 Å². The number of fused-ring (bicyclic) bond motifs is 1. The van der Waals surface area contributed by atoms with Gasteiger partial charge in [-0.25, -0.2) is 0 Å². The second-order valence-electron chi connectivity index (χ2n) is 5.65. The van der Waals surface area contributed by atoms with Crippen molar-refractivity contribution in [3.8, 4) is 0 Å². The van der Waals surface area contributed by atoms with Crippen LogP contribution in [0.3, 0.4) is 0 Å². The number of piperidine rings is 1. The molecular weight excluding hydrogens is 252 g/mol. The van der Waals surface area contributed by atoms with E-state index in [1.54, 1.807) is 0 Å². The molecule has 1 N–H and O–H groups in total. The van der Waals surface area contributed by atoms with Crippen LogP contribution in [0.25, 0.3) is 0 Å². The molecule has 2 aliphatic heterocycles. The third kappa shape index (κ3) is 2.30. The number of nitrogens with one attached hydrogen (secondary N) is 1. The van der Waals surface area contributed by atoms with Crippen LogP contribution in [-0.4, -0.2) is 29.3 Å². The Morgan fingerprint density at radius 3 is 3.05 bits per heavy atom. The molecule has 1 atom stereocenters. The molecule has 4 nitrogen and oxygen atoms in total. The summed E-state index contributed by atoms with van der Waals surface area (Å²) in [5.41, 5.74) is 2.49. The minimum Gasteiger partial charge on any atom is -0.336 e. The molecule has 1 fully saturated rings. The highest BCUT2D eigenvalue weighted by Gasteiger charge is 2.27. The molecule has 0 bridgehead atoms. The van der Waals surface area contributed by atoms with E-state index in [9.17, 15) is 9.59 Å². The number of amides is 2. The first kappa shape index (κ1) is 13.2. The zero-order valence-corrected chi connectivity index (χ0v) is 11.8. The van der Waals surface area contributed by atoms with Gasteiger partial charge < -0.3 is 10.2 Å². The number of hydrogen-bond acceptors (Lipinski definition) is 2. The van der Waals surface area contributed by atoms with Crippen LogP contribution < -0.4 is 5.32 Å². The van der Waals surface area contributed by atoms with E-state index in [1.807, 2.05) is 23.1 Å². The van der Waals surface area contributed by atoms with Gasteiger partial charge in [-0.15, -0.1) is 0 Å². The average Bonchev–Trinajstić information content (AvgIpc) is 2.85. The van der Waals surface area contributed by atoms with Crippen molar-refractivity contribution >= 4 is 17.5 Å². The van der Waals surface area contributed by atoms with Crippen molar-refractivity contribution in [2.75, 3.05) is 11.9 Å². The third-order valence-corrected chi connectivity index (χ3v) is 4.34. The minimum absolute atomic E-state index is 0.00834. The molecule has 0 saturated carbocycles. The number of nitrogens with zero attached hydrogens (tertiary/aromatic N) is 1. The highest BCUT2D eigenvalue weighted by molar-refractivity contribution is 6.01. The fourth-order valence-corrected chi connectivity index (χ4v) is 3.22. The lowest BCUT2D eigenvalue weighted by Crippen LogP contribution is -2.43. The molecule has 2 heterocycles. The zero-order valence-electron chi connectivity index (χ0n) is 11.8. The summed E-state index contributed by atoms with van der Waals surface area (Å²) in [5, 5.41) is 2.80. The number of carbonyl (C=O) groups excluding carboxylic acids is 2. The number of hydrogen-bond donors (Lipinski definition) is 1. The van der Waals surface area contributed by atoms with Crippen LogP contribution in [0.4, 0.5) is 5.69 Å². The van der Waals surface area contributed by atoms with E-state index in [1.165, 1.54) is 6.42 Å². The summed E-state index contributed by atoms with van der Waals surface area (Å²) in [5.74, 6) is 0.118. The van der Waals surface area contributed by atoms with Crippen LogP contribution in [0.1, 0.15) is 48.5 Å². The number of carbonyl (C=O) groups is 2. The molecule has 1 unspecified atom stereocenters. The van der Waals surface area contributed by atoms with E-state index >= 15 is 0 Å². The minimum atomic E-state index is 0.00834. The second-order valence-corrected chi connectivity index (χ2v) is 5.65. The lowest BCUT2D eigenvalue weighted by Gasteiger charge is -2.35. The highest BCUT2D eigenvalue weighted by Crippen LogP contribution is 2.26. The van der Waals surface area contributed by atoms with Crippen molar-refractivity contribution in [3.63, 3.8) is 0 Å². The monoisotopic (exact) mass is 272 g/mol. The van der Waals surface area contributed by atoms with Crippen LogP contribution in [0, 0.1) is 0 Å². The Balaban J connectivity index is 1.83. The Kier molecular flexibility index (Phi) is 3.47. The van der Waals surface area contributed by atoms with Gasteiger partial charge >= 0.3 is 0 Å². The Morgan fingerprint density at radius 1 is 1.40 bits per heavy atom. The average molecular weight is 272 g/mol. The van der Waals surface area contributed by atoms with Gasteiger partial charge in [0.2, 0.25) is 5.91 Å². The lowest BCUT2D eigenvalue weighted by molar-refractivity contribution is -0.115. The summed E-state index contributed by atoms with van der Waals surface area (Å²) in [4.78, 5) is 26.1. The summed E-state index contributed by atoms with van der Waals surface area (Å²) in [7, 11) is 0. The molecule has 0 aliphatic carbocycles. The van der Waals surface area contributed by atoms with Crippen LogP contribution in [0.5, 0.6) is 0 Å². The number of likely N-dealkylation sites (tertiary alicyclic amines) is 1. The highest BCUT2D eigenvalue weighted by atomic mass is 16.2.